The van der Waals surface area contributed by atoms with Gasteiger partial charge in [-0.25, -0.2) is 4.39 Å². The molecule has 0 spiro atoms. The summed E-state index contributed by atoms with van der Waals surface area (Å²) < 4.78 is 23.9. The number of ether oxygens (including phenoxy) is 2. The minimum Gasteiger partial charge on any atom is -0.494 e. The number of hydrogen-bond acceptors (Lipinski definition) is 3. The fourth-order valence-electron chi connectivity index (χ4n) is 2.32. The van der Waals surface area contributed by atoms with Crippen LogP contribution in [0.3, 0.4) is 0 Å². The molecule has 2 aromatic carbocycles. The van der Waals surface area contributed by atoms with Crippen molar-refractivity contribution in [1.82, 2.24) is 0 Å². The standard InChI is InChI=1S/C19H22FNO3/c1-3-24-13-15-6-4-5-7-17(15)21-19(22)11-9-14-8-10-18(23-2)16(20)12-14/h4-8,10,12H,3,9,11,13H2,1-2H3,(H,21,22). The SMILES string of the molecule is CCOCc1ccccc1NC(=O)CCc1ccc(OC)c(F)c1. The van der Waals surface area contributed by atoms with Crippen molar-refractivity contribution in [3.63, 3.8) is 0 Å². The van der Waals surface area contributed by atoms with E-state index in [9.17, 15) is 9.18 Å². The van der Waals surface area contributed by atoms with E-state index in [1.165, 1.54) is 13.2 Å². The van der Waals surface area contributed by atoms with E-state index in [0.29, 0.717) is 19.6 Å². The summed E-state index contributed by atoms with van der Waals surface area (Å²) in [4.78, 5) is 12.1. The Morgan fingerprint density at radius 1 is 1.21 bits per heavy atom. The van der Waals surface area contributed by atoms with Crippen LogP contribution in [-0.4, -0.2) is 19.6 Å². The van der Waals surface area contributed by atoms with E-state index in [1.54, 1.807) is 12.1 Å². The summed E-state index contributed by atoms with van der Waals surface area (Å²) in [5.74, 6) is -0.333. The summed E-state index contributed by atoms with van der Waals surface area (Å²) in [6.45, 7) is 3.00. The smallest absolute Gasteiger partial charge is 0.224 e. The Kier molecular flexibility index (Phi) is 6.75. The molecule has 0 unspecified atom stereocenters. The monoisotopic (exact) mass is 331 g/mol. The Morgan fingerprint density at radius 2 is 2.00 bits per heavy atom. The maximum Gasteiger partial charge on any atom is 0.224 e. The van der Waals surface area contributed by atoms with E-state index in [0.717, 1.165) is 16.8 Å². The van der Waals surface area contributed by atoms with Gasteiger partial charge in [0.15, 0.2) is 11.6 Å². The third-order valence-electron chi connectivity index (χ3n) is 3.61. The second kappa shape index (κ2) is 9.03. The second-order valence-electron chi connectivity index (χ2n) is 5.31. The van der Waals surface area contributed by atoms with Crippen molar-refractivity contribution >= 4 is 11.6 Å². The zero-order valence-corrected chi connectivity index (χ0v) is 14.0. The normalized spacial score (nSPS) is 10.5. The Bertz CT molecular complexity index is 688. The average Bonchev–Trinajstić information content (AvgIpc) is 2.59. The molecule has 2 rings (SSSR count). The minimum absolute atomic E-state index is 0.116. The summed E-state index contributed by atoms with van der Waals surface area (Å²) in [6.07, 6.45) is 0.731. The third kappa shape index (κ3) is 5.06. The molecule has 24 heavy (non-hydrogen) atoms. The average molecular weight is 331 g/mol. The molecule has 0 aliphatic carbocycles. The molecule has 0 radical (unpaired) electrons. The van der Waals surface area contributed by atoms with Crippen LogP contribution in [0.15, 0.2) is 42.5 Å². The number of halogens is 1. The van der Waals surface area contributed by atoms with Crippen LogP contribution in [0, 0.1) is 5.82 Å². The molecule has 2 aromatic rings. The lowest BCUT2D eigenvalue weighted by Gasteiger charge is -2.11. The van der Waals surface area contributed by atoms with Gasteiger partial charge in [0.2, 0.25) is 5.91 Å². The number of rotatable bonds is 8. The number of amides is 1. The van der Waals surface area contributed by atoms with E-state index in [2.05, 4.69) is 5.32 Å². The minimum atomic E-state index is -0.419. The van der Waals surface area contributed by atoms with Crippen LogP contribution < -0.4 is 10.1 Å². The first-order valence-corrected chi connectivity index (χ1v) is 7.92. The Labute approximate surface area is 141 Å². The van der Waals surface area contributed by atoms with Gasteiger partial charge in [0.05, 0.1) is 13.7 Å². The maximum atomic E-state index is 13.7. The van der Waals surface area contributed by atoms with Crippen molar-refractivity contribution in [2.24, 2.45) is 0 Å². The number of para-hydroxylation sites is 1. The molecule has 0 aliphatic rings. The van der Waals surface area contributed by atoms with E-state index in [4.69, 9.17) is 9.47 Å². The van der Waals surface area contributed by atoms with Gasteiger partial charge in [-0.3, -0.25) is 4.79 Å². The summed E-state index contributed by atoms with van der Waals surface area (Å²) >= 11 is 0. The zero-order chi connectivity index (χ0) is 17.4. The fourth-order valence-corrected chi connectivity index (χ4v) is 2.32. The van der Waals surface area contributed by atoms with E-state index >= 15 is 0 Å². The molecule has 0 fully saturated rings. The van der Waals surface area contributed by atoms with Crippen molar-refractivity contribution in [3.05, 3.63) is 59.4 Å². The van der Waals surface area contributed by atoms with Gasteiger partial charge < -0.3 is 14.8 Å². The van der Waals surface area contributed by atoms with E-state index in [-0.39, 0.29) is 18.1 Å². The van der Waals surface area contributed by atoms with Gasteiger partial charge in [-0.15, -0.1) is 0 Å². The number of nitrogens with one attached hydrogen (secondary N) is 1. The zero-order valence-electron chi connectivity index (χ0n) is 14.0. The van der Waals surface area contributed by atoms with Gasteiger partial charge in [-0.1, -0.05) is 24.3 Å². The largest absolute Gasteiger partial charge is 0.494 e. The summed E-state index contributed by atoms with van der Waals surface area (Å²) in [7, 11) is 1.42. The molecule has 1 N–H and O–H groups in total. The molecule has 0 saturated carbocycles. The van der Waals surface area contributed by atoms with E-state index < -0.39 is 5.82 Å². The number of benzene rings is 2. The van der Waals surface area contributed by atoms with Crippen LogP contribution in [0.5, 0.6) is 5.75 Å². The highest BCUT2D eigenvalue weighted by Gasteiger charge is 2.09. The van der Waals surface area contributed by atoms with Gasteiger partial charge in [0.1, 0.15) is 0 Å². The van der Waals surface area contributed by atoms with Crippen molar-refractivity contribution < 1.29 is 18.7 Å². The lowest BCUT2D eigenvalue weighted by Crippen LogP contribution is -2.14. The molecule has 0 aromatic heterocycles. The Balaban J connectivity index is 1.93. The Morgan fingerprint density at radius 3 is 2.71 bits per heavy atom. The molecule has 4 nitrogen and oxygen atoms in total. The van der Waals surface area contributed by atoms with Crippen molar-refractivity contribution in [1.29, 1.82) is 0 Å². The van der Waals surface area contributed by atoms with Crippen LogP contribution in [0.4, 0.5) is 10.1 Å². The lowest BCUT2D eigenvalue weighted by atomic mass is 10.1. The number of carbonyl (C=O) groups is 1. The summed E-state index contributed by atoms with van der Waals surface area (Å²) in [5.41, 5.74) is 2.44. The molecular weight excluding hydrogens is 309 g/mol. The third-order valence-corrected chi connectivity index (χ3v) is 3.61. The van der Waals surface area contributed by atoms with Crippen LogP contribution in [0.25, 0.3) is 0 Å². The second-order valence-corrected chi connectivity index (χ2v) is 5.31. The number of carbonyl (C=O) groups excluding carboxylic acids is 1. The fraction of sp³-hybridized carbons (Fsp3) is 0.316. The molecule has 0 saturated heterocycles. The van der Waals surface area contributed by atoms with Crippen molar-refractivity contribution in [3.8, 4) is 5.75 Å². The van der Waals surface area contributed by atoms with Gasteiger partial charge >= 0.3 is 0 Å². The Hall–Kier alpha value is -2.40. The van der Waals surface area contributed by atoms with Crippen molar-refractivity contribution in [2.45, 2.75) is 26.4 Å². The van der Waals surface area contributed by atoms with Gasteiger partial charge in [0, 0.05) is 24.3 Å². The highest BCUT2D eigenvalue weighted by atomic mass is 19.1. The van der Waals surface area contributed by atoms with Gasteiger partial charge in [-0.05, 0) is 37.1 Å². The molecule has 5 heteroatoms. The van der Waals surface area contributed by atoms with E-state index in [1.807, 2.05) is 31.2 Å². The molecule has 0 heterocycles. The van der Waals surface area contributed by atoms with Crippen LogP contribution >= 0.6 is 0 Å². The predicted octanol–water partition coefficient (Wildman–Crippen LogP) is 3.94. The molecule has 128 valence electrons. The molecule has 0 atom stereocenters. The predicted molar refractivity (Wildman–Crippen MR) is 91.7 cm³/mol. The summed E-state index contributed by atoms with van der Waals surface area (Å²) in [5, 5.41) is 2.89. The maximum absolute atomic E-state index is 13.7. The molecule has 0 aliphatic heterocycles. The first kappa shape index (κ1) is 17.9. The van der Waals surface area contributed by atoms with Crippen LogP contribution in [0.1, 0.15) is 24.5 Å². The molecular formula is C19H22FNO3. The van der Waals surface area contributed by atoms with Crippen LogP contribution in [-0.2, 0) is 22.6 Å². The summed E-state index contributed by atoms with van der Waals surface area (Å²) in [6, 6.07) is 12.3. The molecule has 0 bridgehead atoms. The number of aryl methyl sites for hydroxylation is 1. The number of anilines is 1. The first-order chi connectivity index (χ1) is 11.6. The highest BCUT2D eigenvalue weighted by Crippen LogP contribution is 2.19. The lowest BCUT2D eigenvalue weighted by molar-refractivity contribution is -0.116. The topological polar surface area (TPSA) is 47.6 Å². The van der Waals surface area contributed by atoms with Crippen LogP contribution in [0.2, 0.25) is 0 Å². The van der Waals surface area contributed by atoms with Gasteiger partial charge in [0.25, 0.3) is 0 Å². The van der Waals surface area contributed by atoms with Gasteiger partial charge in [-0.2, -0.15) is 0 Å². The van der Waals surface area contributed by atoms with Crippen molar-refractivity contribution in [2.75, 3.05) is 19.0 Å². The number of methoxy groups -OCH3 is 1. The quantitative estimate of drug-likeness (QED) is 0.797. The number of hydrogen-bond donors (Lipinski definition) is 1. The molecule has 1 amide bonds. The first-order valence-electron chi connectivity index (χ1n) is 7.92. The highest BCUT2D eigenvalue weighted by molar-refractivity contribution is 5.91.